The van der Waals surface area contributed by atoms with E-state index in [4.69, 9.17) is 0 Å². The third-order valence-electron chi connectivity index (χ3n) is 3.08. The van der Waals surface area contributed by atoms with Crippen LogP contribution in [0.3, 0.4) is 0 Å². The number of hydrogen-bond acceptors (Lipinski definition) is 4. The second-order valence-electron chi connectivity index (χ2n) is 4.94. The van der Waals surface area contributed by atoms with Crippen molar-refractivity contribution in [2.24, 2.45) is 0 Å². The number of nitrogens with zero attached hydrogens (tertiary/aromatic N) is 1. The van der Waals surface area contributed by atoms with Crippen LogP contribution in [0.15, 0.2) is 30.3 Å². The molecule has 0 aliphatic heterocycles. The van der Waals surface area contributed by atoms with E-state index in [-0.39, 0.29) is 11.9 Å². The Morgan fingerprint density at radius 2 is 2.10 bits per heavy atom. The Morgan fingerprint density at radius 1 is 1.38 bits per heavy atom. The van der Waals surface area contributed by atoms with Gasteiger partial charge in [-0.25, -0.2) is 4.98 Å². The molecule has 0 radical (unpaired) electrons. The van der Waals surface area contributed by atoms with Crippen molar-refractivity contribution in [3.63, 3.8) is 0 Å². The molecule has 21 heavy (non-hydrogen) atoms. The highest BCUT2D eigenvalue weighted by atomic mass is 32.2. The van der Waals surface area contributed by atoms with Gasteiger partial charge in [-0.3, -0.25) is 9.00 Å². The highest BCUT2D eigenvalue weighted by molar-refractivity contribution is 7.84. The number of carbonyl (C=O) groups excluding carboxylic acids is 1. The molecule has 1 aromatic carbocycles. The molecule has 2 N–H and O–H groups in total. The number of benzene rings is 1. The molecule has 0 aliphatic carbocycles. The molecule has 1 aromatic heterocycles. The van der Waals surface area contributed by atoms with E-state index >= 15 is 0 Å². The molecule has 0 saturated carbocycles. The number of pyridine rings is 1. The molecule has 1 heterocycles. The van der Waals surface area contributed by atoms with Gasteiger partial charge in [0.05, 0.1) is 5.52 Å². The number of carbonyl (C=O) groups is 1. The fourth-order valence-electron chi connectivity index (χ4n) is 2.19. The molecule has 5 nitrogen and oxygen atoms in total. The SMILES string of the molecule is CNc1cc(C(=O)NC(C)CS(C)=O)nc2ccccc12. The monoisotopic (exact) mass is 305 g/mol. The van der Waals surface area contributed by atoms with E-state index in [1.165, 1.54) is 0 Å². The quantitative estimate of drug-likeness (QED) is 0.883. The second kappa shape index (κ2) is 6.67. The molecule has 0 bridgehead atoms. The maximum Gasteiger partial charge on any atom is 0.270 e. The summed E-state index contributed by atoms with van der Waals surface area (Å²) in [6, 6.07) is 9.22. The Balaban J connectivity index is 2.29. The van der Waals surface area contributed by atoms with Gasteiger partial charge in [0, 0.05) is 47.0 Å². The number of para-hydroxylation sites is 1. The number of amides is 1. The maximum absolute atomic E-state index is 12.2. The van der Waals surface area contributed by atoms with E-state index in [0.29, 0.717) is 11.4 Å². The Morgan fingerprint density at radius 3 is 2.76 bits per heavy atom. The number of fused-ring (bicyclic) bond motifs is 1. The van der Waals surface area contributed by atoms with Crippen LogP contribution in [0, 0.1) is 0 Å². The first kappa shape index (κ1) is 15.4. The first-order valence-corrected chi connectivity index (χ1v) is 8.42. The van der Waals surface area contributed by atoms with Crippen LogP contribution in [0.4, 0.5) is 5.69 Å². The first-order valence-electron chi connectivity index (χ1n) is 6.69. The average Bonchev–Trinajstić information content (AvgIpc) is 2.44. The zero-order valence-corrected chi connectivity index (χ0v) is 13.2. The van der Waals surface area contributed by atoms with E-state index in [9.17, 15) is 9.00 Å². The molecule has 1 amide bonds. The van der Waals surface area contributed by atoms with Crippen molar-refractivity contribution < 1.29 is 9.00 Å². The van der Waals surface area contributed by atoms with Crippen LogP contribution in [-0.2, 0) is 10.8 Å². The van der Waals surface area contributed by atoms with Crippen LogP contribution in [0.2, 0.25) is 0 Å². The summed E-state index contributed by atoms with van der Waals surface area (Å²) in [5.41, 5.74) is 1.98. The van der Waals surface area contributed by atoms with Gasteiger partial charge in [-0.15, -0.1) is 0 Å². The fourth-order valence-corrected chi connectivity index (χ4v) is 2.98. The van der Waals surface area contributed by atoms with Crippen LogP contribution in [0.1, 0.15) is 17.4 Å². The van der Waals surface area contributed by atoms with Crippen LogP contribution < -0.4 is 10.6 Å². The smallest absolute Gasteiger partial charge is 0.270 e. The van der Waals surface area contributed by atoms with Gasteiger partial charge in [-0.2, -0.15) is 0 Å². The van der Waals surface area contributed by atoms with Crippen molar-refractivity contribution in [3.8, 4) is 0 Å². The van der Waals surface area contributed by atoms with Crippen LogP contribution in [-0.4, -0.2) is 40.2 Å². The summed E-state index contributed by atoms with van der Waals surface area (Å²) in [6.45, 7) is 1.83. The van der Waals surface area contributed by atoms with Gasteiger partial charge in [0.1, 0.15) is 5.69 Å². The lowest BCUT2D eigenvalue weighted by Crippen LogP contribution is -2.36. The molecule has 2 aromatic rings. The average molecular weight is 305 g/mol. The Labute approximate surface area is 126 Å². The molecule has 0 saturated heterocycles. The lowest BCUT2D eigenvalue weighted by atomic mass is 10.1. The van der Waals surface area contributed by atoms with Gasteiger partial charge in [0.2, 0.25) is 0 Å². The van der Waals surface area contributed by atoms with Gasteiger partial charge >= 0.3 is 0 Å². The van der Waals surface area contributed by atoms with E-state index in [2.05, 4.69) is 15.6 Å². The van der Waals surface area contributed by atoms with E-state index < -0.39 is 10.8 Å². The predicted octanol–water partition coefficient (Wildman–Crippen LogP) is 1.77. The maximum atomic E-state index is 12.2. The normalized spacial score (nSPS) is 13.7. The molecule has 0 aliphatic rings. The number of rotatable bonds is 5. The van der Waals surface area contributed by atoms with Crippen LogP contribution in [0.25, 0.3) is 10.9 Å². The predicted molar refractivity (Wildman–Crippen MR) is 87.2 cm³/mol. The lowest BCUT2D eigenvalue weighted by molar-refractivity contribution is 0.0939. The van der Waals surface area contributed by atoms with E-state index in [1.807, 2.05) is 38.2 Å². The summed E-state index contributed by atoms with van der Waals surface area (Å²) in [4.78, 5) is 16.6. The van der Waals surface area contributed by atoms with Gasteiger partial charge in [0.15, 0.2) is 0 Å². The fraction of sp³-hybridized carbons (Fsp3) is 0.333. The summed E-state index contributed by atoms with van der Waals surface area (Å²) in [7, 11) is 0.868. The minimum absolute atomic E-state index is 0.158. The molecule has 2 atom stereocenters. The minimum Gasteiger partial charge on any atom is -0.388 e. The zero-order valence-electron chi connectivity index (χ0n) is 12.3. The number of anilines is 1. The third-order valence-corrected chi connectivity index (χ3v) is 4.05. The molecule has 0 spiro atoms. The number of aromatic nitrogens is 1. The molecular formula is C15H19N3O2S. The summed E-state index contributed by atoms with van der Waals surface area (Å²) >= 11 is 0. The number of hydrogen-bond donors (Lipinski definition) is 2. The lowest BCUT2D eigenvalue weighted by Gasteiger charge is -2.13. The highest BCUT2D eigenvalue weighted by Gasteiger charge is 2.14. The van der Waals surface area contributed by atoms with Crippen LogP contribution in [0.5, 0.6) is 0 Å². The van der Waals surface area contributed by atoms with Crippen molar-refractivity contribution in [2.75, 3.05) is 24.4 Å². The summed E-state index contributed by atoms with van der Waals surface area (Å²) in [5.74, 6) is 0.174. The van der Waals surface area contributed by atoms with Gasteiger partial charge in [0.25, 0.3) is 5.91 Å². The Hall–Kier alpha value is -1.95. The number of nitrogens with one attached hydrogen (secondary N) is 2. The van der Waals surface area contributed by atoms with Crippen molar-refractivity contribution in [3.05, 3.63) is 36.0 Å². The van der Waals surface area contributed by atoms with Crippen LogP contribution >= 0.6 is 0 Å². The Kier molecular flexibility index (Phi) is 4.90. The molecule has 2 rings (SSSR count). The Bertz CT molecular complexity index is 688. The van der Waals surface area contributed by atoms with E-state index in [0.717, 1.165) is 16.6 Å². The van der Waals surface area contributed by atoms with Crippen molar-refractivity contribution in [2.45, 2.75) is 13.0 Å². The van der Waals surface area contributed by atoms with Crippen molar-refractivity contribution >= 4 is 33.3 Å². The topological polar surface area (TPSA) is 71.1 Å². The molecule has 2 unspecified atom stereocenters. The van der Waals surface area contributed by atoms with E-state index in [1.54, 1.807) is 12.3 Å². The van der Waals surface area contributed by atoms with Gasteiger partial charge in [-0.1, -0.05) is 18.2 Å². The first-order chi connectivity index (χ1) is 10.0. The molecule has 6 heteroatoms. The largest absolute Gasteiger partial charge is 0.388 e. The molecule has 112 valence electrons. The van der Waals surface area contributed by atoms with Crippen molar-refractivity contribution in [1.29, 1.82) is 0 Å². The summed E-state index contributed by atoms with van der Waals surface area (Å²) < 4.78 is 11.2. The summed E-state index contributed by atoms with van der Waals surface area (Å²) in [5, 5.41) is 6.87. The third kappa shape index (κ3) is 3.78. The van der Waals surface area contributed by atoms with Crippen molar-refractivity contribution in [1.82, 2.24) is 10.3 Å². The molecule has 0 fully saturated rings. The van der Waals surface area contributed by atoms with Gasteiger partial charge < -0.3 is 10.6 Å². The molecular weight excluding hydrogens is 286 g/mol. The highest BCUT2D eigenvalue weighted by Crippen LogP contribution is 2.22. The minimum atomic E-state index is -0.944. The second-order valence-corrected chi connectivity index (χ2v) is 6.42. The standard InChI is InChI=1S/C15H19N3O2S/c1-10(9-21(3)20)17-15(19)14-8-13(16-2)11-6-4-5-7-12(11)18-14/h4-8,10H,9H2,1-3H3,(H,16,18)(H,17,19). The summed E-state index contributed by atoms with van der Waals surface area (Å²) in [6.07, 6.45) is 1.62. The van der Waals surface area contributed by atoms with Gasteiger partial charge in [-0.05, 0) is 19.1 Å². The zero-order chi connectivity index (χ0) is 15.4.